The van der Waals surface area contributed by atoms with Crippen molar-refractivity contribution in [2.24, 2.45) is 0 Å². The highest BCUT2D eigenvalue weighted by Crippen LogP contribution is 2.23. The maximum atomic E-state index is 12.9. The summed E-state index contributed by atoms with van der Waals surface area (Å²) in [6.07, 6.45) is 2.27. The number of methoxy groups -OCH3 is 1. The topological polar surface area (TPSA) is 127 Å². The molecule has 10 nitrogen and oxygen atoms in total. The molecular formula is C19H22N4O6S. The Morgan fingerprint density at radius 1 is 1.20 bits per heavy atom. The van der Waals surface area contributed by atoms with Crippen molar-refractivity contribution < 1.29 is 27.5 Å². The SMILES string of the molecule is COc1ccc(S(=O)(=O)N2CCO[C@H]2CNC(=O)C(=O)NCc2cccnc2)cc1. The zero-order valence-electron chi connectivity index (χ0n) is 16.3. The lowest BCUT2D eigenvalue weighted by Crippen LogP contribution is -2.47. The smallest absolute Gasteiger partial charge is 0.309 e. The van der Waals surface area contributed by atoms with Gasteiger partial charge in [0.2, 0.25) is 10.0 Å². The largest absolute Gasteiger partial charge is 0.497 e. The first-order chi connectivity index (χ1) is 14.4. The predicted molar refractivity (Wildman–Crippen MR) is 106 cm³/mol. The van der Waals surface area contributed by atoms with Crippen molar-refractivity contribution in [3.63, 3.8) is 0 Å². The van der Waals surface area contributed by atoms with Crippen molar-refractivity contribution in [1.82, 2.24) is 19.9 Å². The van der Waals surface area contributed by atoms with Gasteiger partial charge < -0.3 is 20.1 Å². The van der Waals surface area contributed by atoms with Crippen molar-refractivity contribution in [2.45, 2.75) is 17.7 Å². The molecule has 2 heterocycles. The van der Waals surface area contributed by atoms with Crippen LogP contribution in [0.3, 0.4) is 0 Å². The molecule has 1 aliphatic heterocycles. The summed E-state index contributed by atoms with van der Waals surface area (Å²) in [6, 6.07) is 9.46. The van der Waals surface area contributed by atoms with Crippen LogP contribution in [0.25, 0.3) is 0 Å². The standard InChI is InChI=1S/C19H22N4O6S/c1-28-15-4-6-16(7-5-15)30(26,27)23-9-10-29-17(23)13-22-19(25)18(24)21-12-14-3-2-8-20-11-14/h2-8,11,17H,9-10,12-13H2,1H3,(H,21,24)(H,22,25)/t17-/m0/s1. The Balaban J connectivity index is 1.56. The summed E-state index contributed by atoms with van der Waals surface area (Å²) in [4.78, 5) is 28.0. The molecule has 3 rings (SSSR count). The third kappa shape index (κ3) is 5.12. The summed E-state index contributed by atoms with van der Waals surface area (Å²) in [5.74, 6) is -1.18. The molecule has 1 aromatic carbocycles. The Bertz CT molecular complexity index is 982. The van der Waals surface area contributed by atoms with Crippen LogP contribution in [0.5, 0.6) is 5.75 Å². The molecule has 0 radical (unpaired) electrons. The number of rotatable bonds is 7. The van der Waals surface area contributed by atoms with Crippen molar-refractivity contribution in [3.8, 4) is 5.75 Å². The van der Waals surface area contributed by atoms with Crippen LogP contribution in [0.15, 0.2) is 53.7 Å². The van der Waals surface area contributed by atoms with E-state index in [1.54, 1.807) is 36.7 Å². The van der Waals surface area contributed by atoms with Crippen molar-refractivity contribution in [2.75, 3.05) is 26.8 Å². The molecule has 2 amide bonds. The zero-order valence-corrected chi connectivity index (χ0v) is 17.1. The lowest BCUT2D eigenvalue weighted by atomic mass is 10.3. The van der Waals surface area contributed by atoms with Gasteiger partial charge in [0.1, 0.15) is 12.0 Å². The molecule has 0 unspecified atom stereocenters. The van der Waals surface area contributed by atoms with E-state index in [-0.39, 0.29) is 31.1 Å². The first-order valence-corrected chi connectivity index (χ1v) is 10.6. The summed E-state index contributed by atoms with van der Waals surface area (Å²) >= 11 is 0. The highest BCUT2D eigenvalue weighted by Gasteiger charge is 2.36. The Morgan fingerprint density at radius 3 is 2.60 bits per heavy atom. The lowest BCUT2D eigenvalue weighted by Gasteiger charge is -2.23. The summed E-state index contributed by atoms with van der Waals surface area (Å²) in [6.45, 7) is 0.317. The van der Waals surface area contributed by atoms with Crippen LogP contribution in [-0.2, 0) is 30.9 Å². The van der Waals surface area contributed by atoms with Crippen molar-refractivity contribution >= 4 is 21.8 Å². The average molecular weight is 434 g/mol. The highest BCUT2D eigenvalue weighted by atomic mass is 32.2. The maximum absolute atomic E-state index is 12.9. The molecule has 160 valence electrons. The van der Waals surface area contributed by atoms with E-state index >= 15 is 0 Å². The number of hydrogen-bond donors (Lipinski definition) is 2. The first-order valence-electron chi connectivity index (χ1n) is 9.14. The molecule has 0 saturated carbocycles. The lowest BCUT2D eigenvalue weighted by molar-refractivity contribution is -0.139. The molecule has 1 saturated heterocycles. The van der Waals surface area contributed by atoms with Crippen LogP contribution < -0.4 is 15.4 Å². The van der Waals surface area contributed by atoms with E-state index in [1.165, 1.54) is 19.2 Å². The Hall–Kier alpha value is -3.02. The van der Waals surface area contributed by atoms with Gasteiger partial charge in [-0.3, -0.25) is 14.6 Å². The Kier molecular flexibility index (Phi) is 6.98. The monoisotopic (exact) mass is 434 g/mol. The van der Waals surface area contributed by atoms with Crippen LogP contribution in [0.1, 0.15) is 5.56 Å². The van der Waals surface area contributed by atoms with Gasteiger partial charge in [-0.05, 0) is 35.9 Å². The molecule has 0 aliphatic carbocycles. The summed E-state index contributed by atoms with van der Waals surface area (Å²) in [5.41, 5.74) is 0.745. The van der Waals surface area contributed by atoms with Gasteiger partial charge in [0.15, 0.2) is 0 Å². The van der Waals surface area contributed by atoms with E-state index in [2.05, 4.69) is 15.6 Å². The van der Waals surface area contributed by atoms with Gasteiger partial charge in [0.05, 0.1) is 25.2 Å². The van der Waals surface area contributed by atoms with Gasteiger partial charge in [0.25, 0.3) is 0 Å². The van der Waals surface area contributed by atoms with Crippen molar-refractivity contribution in [1.29, 1.82) is 0 Å². The first kappa shape index (κ1) is 21.7. The molecular weight excluding hydrogens is 412 g/mol. The summed E-state index contributed by atoms with van der Waals surface area (Å²) < 4.78 is 37.4. The fourth-order valence-electron chi connectivity index (χ4n) is 2.85. The van der Waals surface area contributed by atoms with Gasteiger partial charge in [-0.15, -0.1) is 0 Å². The number of ether oxygens (including phenoxy) is 2. The van der Waals surface area contributed by atoms with E-state index in [0.717, 1.165) is 9.87 Å². The van der Waals surface area contributed by atoms with Gasteiger partial charge in [0, 0.05) is 25.5 Å². The predicted octanol–water partition coefficient (Wildman–Crippen LogP) is -0.130. The maximum Gasteiger partial charge on any atom is 0.309 e. The molecule has 1 aliphatic rings. The van der Waals surface area contributed by atoms with Crippen LogP contribution in [-0.4, -0.2) is 62.6 Å². The van der Waals surface area contributed by atoms with Crippen LogP contribution in [0, 0.1) is 0 Å². The normalized spacial score (nSPS) is 16.8. The number of benzene rings is 1. The molecule has 2 aromatic rings. The molecule has 0 spiro atoms. The molecule has 1 fully saturated rings. The van der Waals surface area contributed by atoms with Crippen LogP contribution in [0.4, 0.5) is 0 Å². The molecule has 11 heteroatoms. The number of nitrogens with one attached hydrogen (secondary N) is 2. The summed E-state index contributed by atoms with van der Waals surface area (Å²) in [7, 11) is -2.34. The second kappa shape index (κ2) is 9.65. The van der Waals surface area contributed by atoms with E-state index in [4.69, 9.17) is 9.47 Å². The zero-order chi connectivity index (χ0) is 21.6. The number of hydrogen-bond acceptors (Lipinski definition) is 7. The second-order valence-corrected chi connectivity index (χ2v) is 8.26. The van der Waals surface area contributed by atoms with E-state index in [0.29, 0.717) is 5.75 Å². The number of aromatic nitrogens is 1. The molecule has 2 N–H and O–H groups in total. The highest BCUT2D eigenvalue weighted by molar-refractivity contribution is 7.89. The fourth-order valence-corrected chi connectivity index (χ4v) is 4.36. The minimum absolute atomic E-state index is 0.0827. The number of nitrogens with zero attached hydrogens (tertiary/aromatic N) is 2. The average Bonchev–Trinajstić information content (AvgIpc) is 3.26. The van der Waals surface area contributed by atoms with E-state index in [1.807, 2.05) is 0 Å². The summed E-state index contributed by atoms with van der Waals surface area (Å²) in [5, 5.41) is 4.89. The Morgan fingerprint density at radius 2 is 1.93 bits per heavy atom. The van der Waals surface area contributed by atoms with Crippen LogP contribution in [0.2, 0.25) is 0 Å². The number of carbonyl (C=O) groups is 2. The van der Waals surface area contributed by atoms with Crippen molar-refractivity contribution in [3.05, 3.63) is 54.4 Å². The quantitative estimate of drug-likeness (QED) is 0.581. The molecule has 1 aromatic heterocycles. The van der Waals surface area contributed by atoms with Gasteiger partial charge in [-0.2, -0.15) is 4.31 Å². The third-order valence-corrected chi connectivity index (χ3v) is 6.33. The third-order valence-electron chi connectivity index (χ3n) is 4.43. The fraction of sp³-hybridized carbons (Fsp3) is 0.316. The van der Waals surface area contributed by atoms with E-state index < -0.39 is 28.1 Å². The van der Waals surface area contributed by atoms with Gasteiger partial charge in [-0.1, -0.05) is 6.07 Å². The minimum atomic E-state index is -3.83. The number of amides is 2. The number of pyridine rings is 1. The van der Waals surface area contributed by atoms with E-state index in [9.17, 15) is 18.0 Å². The molecule has 0 bridgehead atoms. The number of sulfonamides is 1. The number of carbonyl (C=O) groups excluding carboxylic acids is 2. The van der Waals surface area contributed by atoms with Crippen LogP contribution >= 0.6 is 0 Å². The van der Waals surface area contributed by atoms with Gasteiger partial charge >= 0.3 is 11.8 Å². The Labute approximate surface area is 174 Å². The second-order valence-electron chi connectivity index (χ2n) is 6.37. The molecule has 1 atom stereocenters. The molecule has 30 heavy (non-hydrogen) atoms. The van der Waals surface area contributed by atoms with Gasteiger partial charge in [-0.25, -0.2) is 8.42 Å². The minimum Gasteiger partial charge on any atom is -0.497 e.